The molecule has 3 nitrogen and oxygen atoms in total. The van der Waals surface area contributed by atoms with Crippen molar-refractivity contribution >= 4 is 0 Å². The number of rotatable bonds is 3. The van der Waals surface area contributed by atoms with Crippen LogP contribution < -0.4 is 0 Å². The summed E-state index contributed by atoms with van der Waals surface area (Å²) in [5.74, 6) is 0.742. The summed E-state index contributed by atoms with van der Waals surface area (Å²) in [6.07, 6.45) is 1.03. The number of aliphatic hydroxyl groups excluding tert-OH is 1. The van der Waals surface area contributed by atoms with Gasteiger partial charge in [0.05, 0.1) is 6.61 Å². The standard InChI is InChI=1S/C13H15NO2/c1-3-10-4-6-11(7-5-10)13-9(2)12(8-15)14-16-13/h4-7,15H,3,8H2,1-2H3. The van der Waals surface area contributed by atoms with E-state index in [0.717, 1.165) is 23.3 Å². The molecule has 0 aliphatic carbocycles. The van der Waals surface area contributed by atoms with E-state index in [9.17, 15) is 0 Å². The van der Waals surface area contributed by atoms with Gasteiger partial charge >= 0.3 is 0 Å². The Labute approximate surface area is 94.7 Å². The molecule has 0 aliphatic heterocycles. The van der Waals surface area contributed by atoms with Gasteiger partial charge in [-0.1, -0.05) is 36.3 Å². The quantitative estimate of drug-likeness (QED) is 0.859. The molecule has 0 amide bonds. The highest BCUT2D eigenvalue weighted by Crippen LogP contribution is 2.25. The first-order valence-corrected chi connectivity index (χ1v) is 5.41. The molecule has 0 unspecified atom stereocenters. The minimum Gasteiger partial charge on any atom is -0.390 e. The highest BCUT2D eigenvalue weighted by Gasteiger charge is 2.12. The van der Waals surface area contributed by atoms with Crippen molar-refractivity contribution in [2.75, 3.05) is 0 Å². The average Bonchev–Trinajstić information content (AvgIpc) is 2.70. The summed E-state index contributed by atoms with van der Waals surface area (Å²) in [5, 5.41) is 12.9. The lowest BCUT2D eigenvalue weighted by atomic mass is 10.1. The van der Waals surface area contributed by atoms with E-state index in [4.69, 9.17) is 9.63 Å². The highest BCUT2D eigenvalue weighted by molar-refractivity contribution is 5.61. The minimum atomic E-state index is -0.0810. The largest absolute Gasteiger partial charge is 0.390 e. The first kappa shape index (κ1) is 10.9. The Morgan fingerprint density at radius 3 is 2.44 bits per heavy atom. The molecule has 1 N–H and O–H groups in total. The number of nitrogens with zero attached hydrogens (tertiary/aromatic N) is 1. The molecule has 84 valence electrons. The van der Waals surface area contributed by atoms with Gasteiger partial charge in [-0.05, 0) is 18.9 Å². The Kier molecular flexibility index (Phi) is 3.06. The van der Waals surface area contributed by atoms with E-state index >= 15 is 0 Å². The SMILES string of the molecule is CCc1ccc(-c2onc(CO)c2C)cc1. The van der Waals surface area contributed by atoms with Crippen molar-refractivity contribution in [1.82, 2.24) is 5.16 Å². The fourth-order valence-electron chi connectivity index (χ4n) is 1.68. The molecule has 0 saturated heterocycles. The van der Waals surface area contributed by atoms with Crippen molar-refractivity contribution in [3.63, 3.8) is 0 Å². The smallest absolute Gasteiger partial charge is 0.170 e. The maximum absolute atomic E-state index is 9.04. The molecule has 2 rings (SSSR count). The second-order valence-corrected chi connectivity index (χ2v) is 3.79. The van der Waals surface area contributed by atoms with Crippen LogP contribution in [0.2, 0.25) is 0 Å². The van der Waals surface area contributed by atoms with Crippen LogP contribution in [0.1, 0.15) is 23.7 Å². The lowest BCUT2D eigenvalue weighted by Gasteiger charge is -2.00. The summed E-state index contributed by atoms with van der Waals surface area (Å²) >= 11 is 0. The summed E-state index contributed by atoms with van der Waals surface area (Å²) in [6.45, 7) is 3.95. The third kappa shape index (κ3) is 1.86. The van der Waals surface area contributed by atoms with Gasteiger partial charge in [0.25, 0.3) is 0 Å². The Bertz CT molecular complexity index is 471. The fraction of sp³-hybridized carbons (Fsp3) is 0.308. The number of hydrogen-bond acceptors (Lipinski definition) is 3. The van der Waals surface area contributed by atoms with E-state index in [1.807, 2.05) is 19.1 Å². The Hall–Kier alpha value is -1.61. The summed E-state index contributed by atoms with van der Waals surface area (Å²) in [5.41, 5.74) is 3.81. The van der Waals surface area contributed by atoms with Gasteiger partial charge in [-0.25, -0.2) is 0 Å². The van der Waals surface area contributed by atoms with Crippen LogP contribution in [0.3, 0.4) is 0 Å². The monoisotopic (exact) mass is 217 g/mol. The van der Waals surface area contributed by atoms with Crippen LogP contribution in [0.4, 0.5) is 0 Å². The highest BCUT2D eigenvalue weighted by atomic mass is 16.5. The number of hydrogen-bond donors (Lipinski definition) is 1. The Morgan fingerprint density at radius 2 is 1.94 bits per heavy atom. The lowest BCUT2D eigenvalue weighted by molar-refractivity contribution is 0.266. The van der Waals surface area contributed by atoms with Crippen molar-refractivity contribution in [1.29, 1.82) is 0 Å². The first-order chi connectivity index (χ1) is 7.76. The first-order valence-electron chi connectivity index (χ1n) is 5.41. The lowest BCUT2D eigenvalue weighted by Crippen LogP contribution is -1.86. The summed E-state index contributed by atoms with van der Waals surface area (Å²) in [7, 11) is 0. The van der Waals surface area contributed by atoms with Crippen LogP contribution in [0.15, 0.2) is 28.8 Å². The maximum atomic E-state index is 9.04. The van der Waals surface area contributed by atoms with Crippen LogP contribution in [0, 0.1) is 6.92 Å². The van der Waals surface area contributed by atoms with Gasteiger partial charge in [0.15, 0.2) is 5.76 Å². The number of benzene rings is 1. The van der Waals surface area contributed by atoms with Gasteiger partial charge in [0, 0.05) is 11.1 Å². The van der Waals surface area contributed by atoms with Crippen LogP contribution in [-0.4, -0.2) is 10.3 Å². The fourth-order valence-corrected chi connectivity index (χ4v) is 1.68. The van der Waals surface area contributed by atoms with Gasteiger partial charge < -0.3 is 9.63 Å². The predicted molar refractivity (Wildman–Crippen MR) is 62.0 cm³/mol. The van der Waals surface area contributed by atoms with E-state index in [2.05, 4.69) is 24.2 Å². The summed E-state index contributed by atoms with van der Waals surface area (Å²) in [4.78, 5) is 0. The molecule has 3 heteroatoms. The Balaban J connectivity index is 2.38. The molecule has 0 saturated carbocycles. The normalized spacial score (nSPS) is 10.7. The van der Waals surface area contributed by atoms with Gasteiger partial charge in [0.1, 0.15) is 5.69 Å². The van der Waals surface area contributed by atoms with Crippen molar-refractivity contribution in [3.8, 4) is 11.3 Å². The molecule has 1 aromatic heterocycles. The molecule has 1 aromatic carbocycles. The Morgan fingerprint density at radius 1 is 1.25 bits per heavy atom. The maximum Gasteiger partial charge on any atom is 0.170 e. The summed E-state index contributed by atoms with van der Waals surface area (Å²) < 4.78 is 5.24. The second kappa shape index (κ2) is 4.49. The van der Waals surface area contributed by atoms with Crippen molar-refractivity contribution < 1.29 is 9.63 Å². The molecule has 0 fully saturated rings. The van der Waals surface area contributed by atoms with Gasteiger partial charge in [-0.2, -0.15) is 0 Å². The van der Waals surface area contributed by atoms with Crippen molar-refractivity contribution in [2.45, 2.75) is 26.9 Å². The van der Waals surface area contributed by atoms with Gasteiger partial charge in [-0.15, -0.1) is 0 Å². The third-order valence-electron chi connectivity index (χ3n) is 2.79. The minimum absolute atomic E-state index is 0.0810. The topological polar surface area (TPSA) is 46.3 Å². The van der Waals surface area contributed by atoms with E-state index in [1.165, 1.54) is 5.56 Å². The van der Waals surface area contributed by atoms with E-state index < -0.39 is 0 Å². The molecule has 0 radical (unpaired) electrons. The summed E-state index contributed by atoms with van der Waals surface area (Å²) in [6, 6.07) is 8.20. The second-order valence-electron chi connectivity index (χ2n) is 3.79. The van der Waals surface area contributed by atoms with Crippen LogP contribution in [-0.2, 0) is 13.0 Å². The molecule has 16 heavy (non-hydrogen) atoms. The molecule has 2 aromatic rings. The predicted octanol–water partition coefficient (Wildman–Crippen LogP) is 2.70. The van der Waals surface area contributed by atoms with Crippen molar-refractivity contribution in [3.05, 3.63) is 41.1 Å². The van der Waals surface area contributed by atoms with Crippen LogP contribution >= 0.6 is 0 Å². The van der Waals surface area contributed by atoms with Crippen LogP contribution in [0.25, 0.3) is 11.3 Å². The molecular weight excluding hydrogens is 202 g/mol. The van der Waals surface area contributed by atoms with Crippen LogP contribution in [0.5, 0.6) is 0 Å². The zero-order chi connectivity index (χ0) is 11.5. The number of aryl methyl sites for hydroxylation is 1. The zero-order valence-electron chi connectivity index (χ0n) is 9.53. The van der Waals surface area contributed by atoms with E-state index in [0.29, 0.717) is 5.69 Å². The number of aliphatic hydroxyl groups is 1. The number of aromatic nitrogens is 1. The van der Waals surface area contributed by atoms with E-state index in [-0.39, 0.29) is 6.61 Å². The average molecular weight is 217 g/mol. The van der Waals surface area contributed by atoms with Gasteiger partial charge in [0.2, 0.25) is 0 Å². The molecule has 0 atom stereocenters. The molecular formula is C13H15NO2. The zero-order valence-corrected chi connectivity index (χ0v) is 9.53. The molecule has 1 heterocycles. The molecule has 0 aliphatic rings. The van der Waals surface area contributed by atoms with Crippen molar-refractivity contribution in [2.24, 2.45) is 0 Å². The molecule has 0 bridgehead atoms. The third-order valence-corrected chi connectivity index (χ3v) is 2.79. The molecule has 0 spiro atoms. The van der Waals surface area contributed by atoms with E-state index in [1.54, 1.807) is 0 Å². The van der Waals surface area contributed by atoms with Gasteiger partial charge in [-0.3, -0.25) is 0 Å².